The van der Waals surface area contributed by atoms with Gasteiger partial charge in [0.15, 0.2) is 0 Å². The van der Waals surface area contributed by atoms with E-state index in [0.717, 1.165) is 11.3 Å². The van der Waals surface area contributed by atoms with E-state index >= 15 is 0 Å². The molecule has 2 aromatic carbocycles. The number of nitrogens with zero attached hydrogens (tertiary/aromatic N) is 1. The van der Waals surface area contributed by atoms with Crippen molar-refractivity contribution in [2.24, 2.45) is 0 Å². The number of urea groups is 1. The van der Waals surface area contributed by atoms with Crippen molar-refractivity contribution in [3.05, 3.63) is 48.0 Å². The smallest absolute Gasteiger partial charge is 0.321 e. The maximum atomic E-state index is 11.6. The maximum Gasteiger partial charge on any atom is 0.321 e. The number of methoxy groups -OCH3 is 1. The van der Waals surface area contributed by atoms with Crippen LogP contribution in [0.2, 0.25) is 0 Å². The minimum atomic E-state index is -3.28. The predicted octanol–water partition coefficient (Wildman–Crippen LogP) is 3.81. The van der Waals surface area contributed by atoms with Gasteiger partial charge >= 0.3 is 6.03 Å². The maximum absolute atomic E-state index is 11.6. The van der Waals surface area contributed by atoms with Gasteiger partial charge in [0.1, 0.15) is 10.6 Å². The van der Waals surface area contributed by atoms with E-state index in [0.29, 0.717) is 18.0 Å². The molecule has 1 aliphatic rings. The number of hydrogen-bond donors (Lipinski definition) is 4. The molecule has 7 nitrogen and oxygen atoms in total. The van der Waals surface area contributed by atoms with E-state index < -0.39 is 10.8 Å². The first-order valence-corrected chi connectivity index (χ1v) is 8.79. The Kier molecular flexibility index (Phi) is 4.27. The second-order valence-electron chi connectivity index (χ2n) is 5.46. The van der Waals surface area contributed by atoms with E-state index in [1.807, 2.05) is 0 Å². The number of benzene rings is 2. The molecule has 0 radical (unpaired) electrons. The lowest BCUT2D eigenvalue weighted by molar-refractivity contribution is 0.218. The topological polar surface area (TPSA) is 94.1 Å². The van der Waals surface area contributed by atoms with Crippen LogP contribution in [0.1, 0.15) is 5.56 Å². The number of anilines is 2. The van der Waals surface area contributed by atoms with Gasteiger partial charge in [-0.05, 0) is 35.9 Å². The van der Waals surface area contributed by atoms with Crippen molar-refractivity contribution >= 4 is 28.2 Å². The first-order valence-electron chi connectivity index (χ1n) is 7.25. The van der Waals surface area contributed by atoms with Crippen molar-refractivity contribution in [3.8, 4) is 5.75 Å². The molecule has 0 aliphatic carbocycles. The third-order valence-electron chi connectivity index (χ3n) is 3.74. The van der Waals surface area contributed by atoms with Gasteiger partial charge in [-0.15, -0.1) is 0 Å². The summed E-state index contributed by atoms with van der Waals surface area (Å²) >= 11 is 0. The van der Waals surface area contributed by atoms with Crippen molar-refractivity contribution in [1.29, 1.82) is 0 Å². The molecule has 1 aliphatic heterocycles. The van der Waals surface area contributed by atoms with Gasteiger partial charge in [-0.25, -0.2) is 4.79 Å². The fourth-order valence-corrected chi connectivity index (χ4v) is 3.79. The highest BCUT2D eigenvalue weighted by Gasteiger charge is 2.23. The molecule has 2 amide bonds. The lowest BCUT2D eigenvalue weighted by Gasteiger charge is -2.35. The molecule has 0 fully saturated rings. The number of ether oxygens (including phenoxy) is 1. The molecule has 0 aromatic heterocycles. The van der Waals surface area contributed by atoms with Crippen LogP contribution in [0, 0.1) is 0 Å². The zero-order valence-electron chi connectivity index (χ0n) is 13.3. The Hall–Kier alpha value is -2.42. The Bertz CT molecular complexity index is 782. The molecule has 8 heteroatoms. The summed E-state index contributed by atoms with van der Waals surface area (Å²) in [4.78, 5) is 13.5. The first-order chi connectivity index (χ1) is 11.4. The fourth-order valence-electron chi connectivity index (χ4n) is 2.52. The Balaban J connectivity index is 1.88. The Morgan fingerprint density at radius 2 is 2.00 bits per heavy atom. The number of carbonyl (C=O) groups excluding carboxylic acids is 1. The normalized spacial score (nSPS) is 14.7. The SMILES string of the molecule is COc1ccccc1S(O)(O)Nc1ccc2c(c1)CN(C)C(=O)N2. The van der Waals surface area contributed by atoms with Gasteiger partial charge in [0.05, 0.1) is 12.8 Å². The number of fused-ring (bicyclic) bond motifs is 1. The molecule has 0 saturated heterocycles. The third-order valence-corrected chi connectivity index (χ3v) is 5.21. The zero-order valence-corrected chi connectivity index (χ0v) is 14.1. The van der Waals surface area contributed by atoms with Crippen molar-refractivity contribution in [1.82, 2.24) is 4.90 Å². The average molecular weight is 349 g/mol. The van der Waals surface area contributed by atoms with Crippen LogP contribution in [0.25, 0.3) is 0 Å². The number of para-hydroxylation sites is 1. The molecule has 0 unspecified atom stereocenters. The fraction of sp³-hybridized carbons (Fsp3) is 0.188. The van der Waals surface area contributed by atoms with Crippen molar-refractivity contribution in [2.45, 2.75) is 11.4 Å². The lowest BCUT2D eigenvalue weighted by atomic mass is 10.1. The lowest BCUT2D eigenvalue weighted by Crippen LogP contribution is -2.35. The van der Waals surface area contributed by atoms with Crippen LogP contribution < -0.4 is 14.8 Å². The predicted molar refractivity (Wildman–Crippen MR) is 94.7 cm³/mol. The number of amides is 2. The van der Waals surface area contributed by atoms with E-state index in [1.54, 1.807) is 54.4 Å². The molecule has 3 rings (SSSR count). The summed E-state index contributed by atoms with van der Waals surface area (Å²) in [5, 5.41) is 2.77. The highest BCUT2D eigenvalue weighted by molar-refractivity contribution is 8.25. The molecule has 0 atom stereocenters. The van der Waals surface area contributed by atoms with Crippen LogP contribution >= 0.6 is 10.8 Å². The van der Waals surface area contributed by atoms with E-state index in [4.69, 9.17) is 4.74 Å². The van der Waals surface area contributed by atoms with E-state index in [9.17, 15) is 13.9 Å². The summed E-state index contributed by atoms with van der Waals surface area (Å²) in [6.07, 6.45) is 0. The minimum absolute atomic E-state index is 0.165. The second-order valence-corrected chi connectivity index (χ2v) is 7.20. The molecule has 0 saturated carbocycles. The van der Waals surface area contributed by atoms with E-state index in [1.165, 1.54) is 7.11 Å². The molecule has 0 spiro atoms. The molecule has 2 aromatic rings. The van der Waals surface area contributed by atoms with Gasteiger partial charge in [0, 0.05) is 19.3 Å². The van der Waals surface area contributed by atoms with Crippen molar-refractivity contribution < 1.29 is 18.6 Å². The number of nitrogens with one attached hydrogen (secondary N) is 2. The highest BCUT2D eigenvalue weighted by Crippen LogP contribution is 2.52. The molecule has 4 N–H and O–H groups in total. The van der Waals surface area contributed by atoms with Gasteiger partial charge in [-0.1, -0.05) is 22.9 Å². The summed E-state index contributed by atoms with van der Waals surface area (Å²) in [5.74, 6) is 0.398. The van der Waals surface area contributed by atoms with Crippen LogP contribution in [0.15, 0.2) is 47.4 Å². The van der Waals surface area contributed by atoms with Gasteiger partial charge in [-0.3, -0.25) is 13.8 Å². The van der Waals surface area contributed by atoms with Crippen LogP contribution in [0.5, 0.6) is 5.75 Å². The Morgan fingerprint density at radius 1 is 1.25 bits per heavy atom. The number of carbonyl (C=O) groups is 1. The summed E-state index contributed by atoms with van der Waals surface area (Å²) in [6, 6.07) is 11.8. The summed E-state index contributed by atoms with van der Waals surface area (Å²) in [7, 11) is -0.110. The summed E-state index contributed by atoms with van der Waals surface area (Å²) in [6.45, 7) is 0.449. The van der Waals surface area contributed by atoms with E-state index in [-0.39, 0.29) is 10.9 Å². The van der Waals surface area contributed by atoms with E-state index in [2.05, 4.69) is 10.0 Å². The highest BCUT2D eigenvalue weighted by atomic mass is 32.3. The molecule has 1 heterocycles. The minimum Gasteiger partial charge on any atom is -0.495 e. The summed E-state index contributed by atoms with van der Waals surface area (Å²) < 4.78 is 29.0. The van der Waals surface area contributed by atoms with Gasteiger partial charge < -0.3 is 15.0 Å². The second kappa shape index (κ2) is 6.23. The molecule has 24 heavy (non-hydrogen) atoms. The van der Waals surface area contributed by atoms with Gasteiger partial charge in [0.2, 0.25) is 0 Å². The van der Waals surface area contributed by atoms with Gasteiger partial charge in [-0.2, -0.15) is 0 Å². The van der Waals surface area contributed by atoms with Crippen LogP contribution in [-0.2, 0) is 6.54 Å². The molecule has 0 bridgehead atoms. The standard InChI is InChI=1S/C16H19N3O4S/c1-19-10-11-9-12(7-8-13(11)17-16(19)20)18-24(21,22)15-6-4-3-5-14(15)23-2/h3-9,18,21-22H,10H2,1-2H3,(H,17,20). The van der Waals surface area contributed by atoms with Gasteiger partial charge in [0.25, 0.3) is 0 Å². The number of rotatable bonds is 4. The largest absolute Gasteiger partial charge is 0.495 e. The van der Waals surface area contributed by atoms with Crippen LogP contribution in [-0.4, -0.2) is 34.2 Å². The quantitative estimate of drug-likeness (QED) is 0.673. The van der Waals surface area contributed by atoms with Crippen molar-refractivity contribution in [3.63, 3.8) is 0 Å². The van der Waals surface area contributed by atoms with Crippen molar-refractivity contribution in [2.75, 3.05) is 24.2 Å². The Labute approximate surface area is 141 Å². The monoisotopic (exact) mass is 349 g/mol. The average Bonchev–Trinajstić information content (AvgIpc) is 2.56. The number of hydrogen-bond acceptors (Lipinski definition) is 5. The molecular weight excluding hydrogens is 330 g/mol. The van der Waals surface area contributed by atoms with Crippen LogP contribution in [0.3, 0.4) is 0 Å². The first kappa shape index (κ1) is 16.4. The summed E-state index contributed by atoms with van der Waals surface area (Å²) in [5.41, 5.74) is 2.15. The zero-order chi connectivity index (χ0) is 17.3. The molecule has 128 valence electrons. The van der Waals surface area contributed by atoms with Crippen LogP contribution in [0.4, 0.5) is 16.2 Å². The Morgan fingerprint density at radius 3 is 2.75 bits per heavy atom. The molecular formula is C16H19N3O4S. The third kappa shape index (κ3) is 3.12.